The van der Waals surface area contributed by atoms with Crippen LogP contribution < -0.4 is 0 Å². The minimum Gasteiger partial charge on any atom is -0.339 e. The molecular formula is C12H9FN2O. The summed E-state index contributed by atoms with van der Waals surface area (Å²) in [6, 6.07) is 4.55. The summed E-state index contributed by atoms with van der Waals surface area (Å²) in [6.45, 7) is 3.36. The van der Waals surface area contributed by atoms with Crippen LogP contribution in [0.15, 0.2) is 22.7 Å². The van der Waals surface area contributed by atoms with E-state index in [4.69, 9.17) is 4.52 Å². The van der Waals surface area contributed by atoms with Gasteiger partial charge in [0.1, 0.15) is 5.82 Å². The van der Waals surface area contributed by atoms with E-state index >= 15 is 0 Å². The maximum atomic E-state index is 13.3. The molecule has 16 heavy (non-hydrogen) atoms. The van der Waals surface area contributed by atoms with Crippen LogP contribution in [-0.2, 0) is 0 Å². The van der Waals surface area contributed by atoms with E-state index in [0.29, 0.717) is 22.8 Å². The number of hydrogen-bond acceptors (Lipinski definition) is 3. The summed E-state index contributed by atoms with van der Waals surface area (Å²) in [4.78, 5) is 4.06. The van der Waals surface area contributed by atoms with Crippen molar-refractivity contribution in [1.82, 2.24) is 10.1 Å². The van der Waals surface area contributed by atoms with Gasteiger partial charge in [-0.1, -0.05) is 11.1 Å². The maximum Gasteiger partial charge on any atom is 0.223 e. The van der Waals surface area contributed by atoms with Gasteiger partial charge in [0.2, 0.25) is 11.7 Å². The van der Waals surface area contributed by atoms with Crippen molar-refractivity contribution >= 4 is 0 Å². The molecule has 0 bridgehead atoms. The molecule has 0 saturated carbocycles. The van der Waals surface area contributed by atoms with Gasteiger partial charge in [-0.2, -0.15) is 4.98 Å². The van der Waals surface area contributed by atoms with Gasteiger partial charge in [-0.15, -0.1) is 5.92 Å². The number of aromatic nitrogens is 2. The molecule has 1 heterocycles. The highest BCUT2D eigenvalue weighted by Gasteiger charge is 2.08. The van der Waals surface area contributed by atoms with Gasteiger partial charge in [0, 0.05) is 12.5 Å². The molecule has 0 atom stereocenters. The van der Waals surface area contributed by atoms with Crippen molar-refractivity contribution in [2.75, 3.05) is 0 Å². The third-order valence-electron chi connectivity index (χ3n) is 2.01. The molecule has 1 aromatic carbocycles. The predicted octanol–water partition coefficient (Wildman–Crippen LogP) is 2.56. The van der Waals surface area contributed by atoms with Crippen molar-refractivity contribution in [2.45, 2.75) is 13.8 Å². The van der Waals surface area contributed by atoms with Gasteiger partial charge >= 0.3 is 0 Å². The third-order valence-corrected chi connectivity index (χ3v) is 2.01. The molecule has 80 valence electrons. The normalized spacial score (nSPS) is 9.69. The van der Waals surface area contributed by atoms with Crippen LogP contribution in [0.1, 0.15) is 18.4 Å². The Morgan fingerprint density at radius 1 is 1.38 bits per heavy atom. The summed E-state index contributed by atoms with van der Waals surface area (Å²) in [5, 5.41) is 3.76. The monoisotopic (exact) mass is 216 g/mol. The van der Waals surface area contributed by atoms with Crippen molar-refractivity contribution in [3.8, 4) is 23.2 Å². The Bertz CT molecular complexity index is 578. The largest absolute Gasteiger partial charge is 0.339 e. The lowest BCUT2D eigenvalue weighted by atomic mass is 10.1. The average Bonchev–Trinajstić information content (AvgIpc) is 2.69. The highest BCUT2D eigenvalue weighted by atomic mass is 19.1. The molecule has 0 radical (unpaired) electrons. The summed E-state index contributed by atoms with van der Waals surface area (Å²) in [5.41, 5.74) is 1.03. The molecule has 0 spiro atoms. The van der Waals surface area contributed by atoms with Gasteiger partial charge in [-0.3, -0.25) is 0 Å². The minimum absolute atomic E-state index is 0.336. The van der Waals surface area contributed by atoms with E-state index in [1.165, 1.54) is 6.07 Å². The van der Waals surface area contributed by atoms with Gasteiger partial charge in [0.25, 0.3) is 0 Å². The molecular weight excluding hydrogens is 207 g/mol. The van der Waals surface area contributed by atoms with Gasteiger partial charge < -0.3 is 4.52 Å². The van der Waals surface area contributed by atoms with E-state index in [2.05, 4.69) is 22.0 Å². The summed E-state index contributed by atoms with van der Waals surface area (Å²) in [5.74, 6) is 5.90. The molecule has 0 aliphatic rings. The third kappa shape index (κ3) is 1.94. The zero-order valence-corrected chi connectivity index (χ0v) is 8.91. The number of benzene rings is 1. The number of rotatable bonds is 1. The second-order valence-corrected chi connectivity index (χ2v) is 3.21. The standard InChI is InChI=1S/C12H9FN2O/c1-3-4-9-7-10(5-6-11(9)13)12-14-8(2)16-15-12/h5-7H,1-2H3. The van der Waals surface area contributed by atoms with Gasteiger partial charge in [-0.25, -0.2) is 4.39 Å². The predicted molar refractivity (Wildman–Crippen MR) is 57.0 cm³/mol. The Morgan fingerprint density at radius 3 is 2.81 bits per heavy atom. The minimum atomic E-state index is -0.349. The second kappa shape index (κ2) is 4.15. The van der Waals surface area contributed by atoms with Crippen LogP contribution in [-0.4, -0.2) is 10.1 Å². The molecule has 0 aliphatic carbocycles. The number of halogens is 1. The van der Waals surface area contributed by atoms with Crippen LogP contribution in [0.5, 0.6) is 0 Å². The van der Waals surface area contributed by atoms with Crippen LogP contribution in [0, 0.1) is 24.6 Å². The smallest absolute Gasteiger partial charge is 0.223 e. The first-order chi connectivity index (χ1) is 7.70. The summed E-state index contributed by atoms with van der Waals surface area (Å²) >= 11 is 0. The highest BCUT2D eigenvalue weighted by Crippen LogP contribution is 2.18. The fourth-order valence-corrected chi connectivity index (χ4v) is 1.31. The highest BCUT2D eigenvalue weighted by molar-refractivity contribution is 5.58. The zero-order chi connectivity index (χ0) is 11.5. The second-order valence-electron chi connectivity index (χ2n) is 3.21. The van der Waals surface area contributed by atoms with E-state index in [1.54, 1.807) is 26.0 Å². The molecule has 0 unspecified atom stereocenters. The lowest BCUT2D eigenvalue weighted by Gasteiger charge is -1.97. The fraction of sp³-hybridized carbons (Fsp3) is 0.167. The van der Waals surface area contributed by atoms with E-state index in [9.17, 15) is 4.39 Å². The van der Waals surface area contributed by atoms with Crippen LogP contribution in [0.2, 0.25) is 0 Å². The van der Waals surface area contributed by atoms with Crippen molar-refractivity contribution in [3.63, 3.8) is 0 Å². The Kier molecular flexibility index (Phi) is 2.69. The first kappa shape index (κ1) is 10.4. The Hall–Kier alpha value is -2.15. The van der Waals surface area contributed by atoms with Crippen molar-refractivity contribution in [2.24, 2.45) is 0 Å². The van der Waals surface area contributed by atoms with Crippen molar-refractivity contribution < 1.29 is 8.91 Å². The van der Waals surface area contributed by atoms with Crippen LogP contribution in [0.3, 0.4) is 0 Å². The topological polar surface area (TPSA) is 38.9 Å². The Balaban J connectivity index is 2.49. The fourth-order valence-electron chi connectivity index (χ4n) is 1.31. The van der Waals surface area contributed by atoms with Crippen molar-refractivity contribution in [1.29, 1.82) is 0 Å². The van der Waals surface area contributed by atoms with Crippen LogP contribution >= 0.6 is 0 Å². The molecule has 0 N–H and O–H groups in total. The first-order valence-corrected chi connectivity index (χ1v) is 4.73. The first-order valence-electron chi connectivity index (χ1n) is 4.73. The van der Waals surface area contributed by atoms with E-state index in [1.807, 2.05) is 0 Å². The number of nitrogens with zero attached hydrogens (tertiary/aromatic N) is 2. The zero-order valence-electron chi connectivity index (χ0n) is 8.91. The lowest BCUT2D eigenvalue weighted by molar-refractivity contribution is 0.394. The molecule has 3 nitrogen and oxygen atoms in total. The van der Waals surface area contributed by atoms with Gasteiger partial charge in [0.15, 0.2) is 0 Å². The molecule has 1 aromatic heterocycles. The van der Waals surface area contributed by atoms with Crippen molar-refractivity contribution in [3.05, 3.63) is 35.5 Å². The Labute approximate surface area is 92.3 Å². The molecule has 2 aromatic rings. The SMILES string of the molecule is CC#Cc1cc(-c2noc(C)n2)ccc1F. The molecule has 2 rings (SSSR count). The Morgan fingerprint density at radius 2 is 2.19 bits per heavy atom. The van der Waals surface area contributed by atoms with E-state index in [-0.39, 0.29) is 5.82 Å². The maximum absolute atomic E-state index is 13.3. The van der Waals surface area contributed by atoms with Crippen LogP contribution in [0.25, 0.3) is 11.4 Å². The summed E-state index contributed by atoms with van der Waals surface area (Å²) < 4.78 is 18.2. The molecule has 4 heteroatoms. The number of hydrogen-bond donors (Lipinski definition) is 0. The summed E-state index contributed by atoms with van der Waals surface area (Å²) in [6.07, 6.45) is 0. The molecule has 0 aliphatic heterocycles. The van der Waals surface area contributed by atoms with Gasteiger partial charge in [0.05, 0.1) is 5.56 Å². The molecule has 0 amide bonds. The summed E-state index contributed by atoms with van der Waals surface area (Å²) in [7, 11) is 0. The van der Waals surface area contributed by atoms with Gasteiger partial charge in [-0.05, 0) is 25.1 Å². The van der Waals surface area contributed by atoms with E-state index in [0.717, 1.165) is 0 Å². The van der Waals surface area contributed by atoms with E-state index < -0.39 is 0 Å². The quantitative estimate of drug-likeness (QED) is 0.687. The lowest BCUT2D eigenvalue weighted by Crippen LogP contribution is -1.87. The molecule has 0 fully saturated rings. The molecule has 0 saturated heterocycles. The average molecular weight is 216 g/mol. The number of aryl methyl sites for hydroxylation is 1. The van der Waals surface area contributed by atoms with Crippen LogP contribution in [0.4, 0.5) is 4.39 Å².